The van der Waals surface area contributed by atoms with Gasteiger partial charge in [-0.1, -0.05) is 37.3 Å². The Labute approximate surface area is 106 Å². The summed E-state index contributed by atoms with van der Waals surface area (Å²) in [6.45, 7) is 4.02. The molecule has 0 bridgehead atoms. The molecule has 1 fully saturated rings. The second kappa shape index (κ2) is 4.63. The summed E-state index contributed by atoms with van der Waals surface area (Å²) in [5.41, 5.74) is 0.592. The van der Waals surface area contributed by atoms with Crippen LogP contribution in [0.2, 0.25) is 0 Å². The van der Waals surface area contributed by atoms with Gasteiger partial charge in [-0.25, -0.2) is 0 Å². The topological polar surface area (TPSA) is 20.2 Å². The molecular formula is C13H18OS2. The molecule has 1 aliphatic rings. The molecule has 16 heavy (non-hydrogen) atoms. The largest absolute Gasteiger partial charge is 0.387 e. The van der Waals surface area contributed by atoms with Gasteiger partial charge in [0.25, 0.3) is 0 Å². The molecule has 1 nitrogen and oxygen atoms in total. The van der Waals surface area contributed by atoms with Gasteiger partial charge in [0.1, 0.15) is 4.08 Å². The maximum Gasteiger partial charge on any atom is 0.115 e. The maximum absolute atomic E-state index is 10.7. The molecule has 0 amide bonds. The van der Waals surface area contributed by atoms with E-state index in [1.807, 2.05) is 36.5 Å². The fraction of sp³-hybridized carbons (Fsp3) is 0.538. The number of hydrogen-bond donors (Lipinski definition) is 1. The normalized spacial score (nSPS) is 22.9. The van der Waals surface area contributed by atoms with E-state index >= 15 is 0 Å². The van der Waals surface area contributed by atoms with E-state index in [9.17, 15) is 5.11 Å². The predicted octanol–water partition coefficient (Wildman–Crippen LogP) is 3.48. The summed E-state index contributed by atoms with van der Waals surface area (Å²) < 4.78 is -0.178. The van der Waals surface area contributed by atoms with E-state index in [1.54, 1.807) is 0 Å². The minimum Gasteiger partial charge on any atom is -0.387 e. The predicted molar refractivity (Wildman–Crippen MR) is 74.0 cm³/mol. The van der Waals surface area contributed by atoms with Crippen molar-refractivity contribution in [3.8, 4) is 0 Å². The monoisotopic (exact) mass is 254 g/mol. The Morgan fingerprint density at radius 2 is 1.81 bits per heavy atom. The summed E-state index contributed by atoms with van der Waals surface area (Å²) in [6.07, 6.45) is 0.780. The number of hydrogen-bond acceptors (Lipinski definition) is 3. The first-order valence-corrected chi connectivity index (χ1v) is 7.65. The Morgan fingerprint density at radius 3 is 2.31 bits per heavy atom. The summed E-state index contributed by atoms with van der Waals surface area (Å²) in [4.78, 5) is 0. The van der Waals surface area contributed by atoms with Crippen molar-refractivity contribution in [1.82, 2.24) is 0 Å². The summed E-state index contributed by atoms with van der Waals surface area (Å²) in [6, 6.07) is 10.4. The highest BCUT2D eigenvalue weighted by molar-refractivity contribution is 8.20. The summed E-state index contributed by atoms with van der Waals surface area (Å²) in [5.74, 6) is 2.24. The minimum atomic E-state index is -0.653. The van der Waals surface area contributed by atoms with E-state index in [-0.39, 0.29) is 4.08 Å². The van der Waals surface area contributed by atoms with Crippen LogP contribution in [0.1, 0.15) is 25.8 Å². The summed E-state index contributed by atoms with van der Waals surface area (Å²) >= 11 is 3.77. The number of aliphatic hydroxyl groups is 1. The van der Waals surface area contributed by atoms with E-state index in [0.29, 0.717) is 0 Å². The number of thioether (sulfide) groups is 2. The van der Waals surface area contributed by atoms with Crippen LogP contribution in [-0.4, -0.2) is 22.2 Å². The van der Waals surface area contributed by atoms with Gasteiger partial charge in [-0.2, -0.15) is 0 Å². The lowest BCUT2D eigenvalue weighted by atomic mass is 9.92. The molecule has 1 unspecified atom stereocenters. The molecule has 1 saturated heterocycles. The Kier molecular flexibility index (Phi) is 3.57. The molecule has 1 N–H and O–H groups in total. The smallest absolute Gasteiger partial charge is 0.115 e. The van der Waals surface area contributed by atoms with Gasteiger partial charge in [0.15, 0.2) is 0 Å². The van der Waals surface area contributed by atoms with Gasteiger partial charge in [0, 0.05) is 11.5 Å². The van der Waals surface area contributed by atoms with Crippen molar-refractivity contribution in [3.05, 3.63) is 35.9 Å². The van der Waals surface area contributed by atoms with Gasteiger partial charge in [-0.05, 0) is 18.9 Å². The molecule has 1 heterocycles. The fourth-order valence-corrected chi connectivity index (χ4v) is 5.68. The standard InChI is InChI=1S/C13H18OS2/c1-3-12(2,14)13(15-9-10-16-13)11-7-5-4-6-8-11/h4-8,14H,3,9-10H2,1-2H3. The Bertz CT molecular complexity index is 342. The molecule has 1 aliphatic heterocycles. The molecule has 0 aliphatic carbocycles. The van der Waals surface area contributed by atoms with Crippen LogP contribution in [0, 0.1) is 0 Å². The van der Waals surface area contributed by atoms with Gasteiger partial charge in [0.05, 0.1) is 5.60 Å². The SMILES string of the molecule is CCC(C)(O)C1(c2ccccc2)SCCS1. The summed E-state index contributed by atoms with van der Waals surface area (Å²) in [7, 11) is 0. The minimum absolute atomic E-state index is 0.178. The molecule has 1 aromatic rings. The van der Waals surface area contributed by atoms with Crippen LogP contribution >= 0.6 is 23.5 Å². The third kappa shape index (κ3) is 1.89. The second-order valence-electron chi connectivity index (χ2n) is 4.31. The molecule has 2 rings (SSSR count). The highest BCUT2D eigenvalue weighted by atomic mass is 32.2. The number of rotatable bonds is 3. The Hall–Kier alpha value is -0.120. The van der Waals surface area contributed by atoms with Gasteiger partial charge in [-0.3, -0.25) is 0 Å². The molecule has 0 aromatic heterocycles. The lowest BCUT2D eigenvalue weighted by Crippen LogP contribution is -2.43. The van der Waals surface area contributed by atoms with Crippen LogP contribution < -0.4 is 0 Å². The highest BCUT2D eigenvalue weighted by Gasteiger charge is 2.50. The van der Waals surface area contributed by atoms with Crippen molar-refractivity contribution >= 4 is 23.5 Å². The van der Waals surface area contributed by atoms with E-state index in [4.69, 9.17) is 0 Å². The van der Waals surface area contributed by atoms with Crippen LogP contribution in [-0.2, 0) is 4.08 Å². The maximum atomic E-state index is 10.7. The van der Waals surface area contributed by atoms with Crippen molar-refractivity contribution in [2.24, 2.45) is 0 Å². The second-order valence-corrected chi connectivity index (χ2v) is 7.18. The number of benzene rings is 1. The molecular weight excluding hydrogens is 236 g/mol. The van der Waals surface area contributed by atoms with Crippen molar-refractivity contribution in [1.29, 1.82) is 0 Å². The third-order valence-electron chi connectivity index (χ3n) is 3.25. The fourth-order valence-electron chi connectivity index (χ4n) is 2.09. The zero-order valence-corrected chi connectivity index (χ0v) is 11.4. The lowest BCUT2D eigenvalue weighted by molar-refractivity contribution is 0.0428. The van der Waals surface area contributed by atoms with Gasteiger partial charge in [-0.15, -0.1) is 23.5 Å². The average molecular weight is 254 g/mol. The zero-order chi connectivity index (χ0) is 11.6. The Balaban J connectivity index is 2.44. The van der Waals surface area contributed by atoms with Crippen molar-refractivity contribution < 1.29 is 5.11 Å². The Morgan fingerprint density at radius 1 is 1.25 bits per heavy atom. The molecule has 0 radical (unpaired) electrons. The first-order chi connectivity index (χ1) is 7.62. The van der Waals surface area contributed by atoms with E-state index in [0.717, 1.165) is 17.9 Å². The van der Waals surface area contributed by atoms with Crippen LogP contribution in [0.25, 0.3) is 0 Å². The molecule has 0 spiro atoms. The van der Waals surface area contributed by atoms with E-state index in [2.05, 4.69) is 31.2 Å². The quantitative estimate of drug-likeness (QED) is 0.892. The van der Waals surface area contributed by atoms with Crippen LogP contribution in [0.4, 0.5) is 0 Å². The van der Waals surface area contributed by atoms with Crippen molar-refractivity contribution in [3.63, 3.8) is 0 Å². The lowest BCUT2D eigenvalue weighted by Gasteiger charge is -2.41. The van der Waals surface area contributed by atoms with E-state index < -0.39 is 5.60 Å². The summed E-state index contributed by atoms with van der Waals surface area (Å²) in [5, 5.41) is 10.7. The van der Waals surface area contributed by atoms with Crippen LogP contribution in [0.15, 0.2) is 30.3 Å². The molecule has 88 valence electrons. The van der Waals surface area contributed by atoms with Crippen LogP contribution in [0.3, 0.4) is 0 Å². The molecule has 1 atom stereocenters. The molecule has 0 saturated carbocycles. The average Bonchev–Trinajstić information content (AvgIpc) is 2.81. The first kappa shape index (κ1) is 12.3. The van der Waals surface area contributed by atoms with Gasteiger partial charge in [0.2, 0.25) is 0 Å². The highest BCUT2D eigenvalue weighted by Crippen LogP contribution is 2.58. The third-order valence-corrected chi connectivity index (χ3v) is 7.19. The zero-order valence-electron chi connectivity index (χ0n) is 9.77. The molecule has 1 aromatic carbocycles. The van der Waals surface area contributed by atoms with E-state index in [1.165, 1.54) is 5.56 Å². The molecule has 3 heteroatoms. The first-order valence-electron chi connectivity index (χ1n) is 5.68. The van der Waals surface area contributed by atoms with Gasteiger partial charge < -0.3 is 5.11 Å². The van der Waals surface area contributed by atoms with Crippen molar-refractivity contribution in [2.75, 3.05) is 11.5 Å². The van der Waals surface area contributed by atoms with Crippen LogP contribution in [0.5, 0.6) is 0 Å². The van der Waals surface area contributed by atoms with Crippen molar-refractivity contribution in [2.45, 2.75) is 29.9 Å². The van der Waals surface area contributed by atoms with Gasteiger partial charge >= 0.3 is 0 Å².